The molecule has 0 saturated heterocycles. The van der Waals surface area contributed by atoms with Crippen molar-refractivity contribution in [2.45, 2.75) is 6.61 Å². The highest BCUT2D eigenvalue weighted by atomic mass is 32.1. The molecule has 0 spiro atoms. The number of carbonyl (C=O) groups is 1. The molecule has 10 heavy (non-hydrogen) atoms. The monoisotopic (exact) mass is 157 g/mol. The third kappa shape index (κ3) is 2.12. The summed E-state index contributed by atoms with van der Waals surface area (Å²) in [7, 11) is 0. The fourth-order valence-corrected chi connectivity index (χ4v) is 0.944. The number of aromatic nitrogens is 1. The van der Waals surface area contributed by atoms with Crippen molar-refractivity contribution in [3.8, 4) is 0 Å². The van der Waals surface area contributed by atoms with Crippen molar-refractivity contribution in [3.05, 3.63) is 16.6 Å². The van der Waals surface area contributed by atoms with Gasteiger partial charge in [-0.05, 0) is 0 Å². The predicted octanol–water partition coefficient (Wildman–Crippen LogP) is 0.335. The molecular formula is C5H5N2O2S. The standard InChI is InChI=1S/C5H5N2O2S/c8-3-7-9-2-5-1-6-4-10-5/h1,3-4H,2H2. The number of thiazole rings is 1. The molecule has 1 amide bonds. The van der Waals surface area contributed by atoms with Crippen LogP contribution in [0.25, 0.3) is 0 Å². The second kappa shape index (κ2) is 3.97. The van der Waals surface area contributed by atoms with Crippen LogP contribution in [0.4, 0.5) is 0 Å². The lowest BCUT2D eigenvalue weighted by atomic mass is 10.6. The summed E-state index contributed by atoms with van der Waals surface area (Å²) in [6.07, 6.45) is 2.03. The zero-order valence-corrected chi connectivity index (χ0v) is 5.87. The maximum Gasteiger partial charge on any atom is 0.257 e. The van der Waals surface area contributed by atoms with Crippen molar-refractivity contribution in [3.63, 3.8) is 0 Å². The van der Waals surface area contributed by atoms with E-state index in [1.165, 1.54) is 11.3 Å². The van der Waals surface area contributed by atoms with Crippen LogP contribution >= 0.6 is 11.3 Å². The first-order valence-corrected chi connectivity index (χ1v) is 3.44. The van der Waals surface area contributed by atoms with Crippen LogP contribution < -0.4 is 5.48 Å². The van der Waals surface area contributed by atoms with Crippen molar-refractivity contribution >= 4 is 17.7 Å². The third-order valence-corrected chi connectivity index (χ3v) is 1.56. The summed E-state index contributed by atoms with van der Waals surface area (Å²) < 4.78 is 0. The van der Waals surface area contributed by atoms with Gasteiger partial charge in [-0.25, -0.2) is 4.84 Å². The fraction of sp³-hybridized carbons (Fsp3) is 0.200. The molecule has 1 aromatic rings. The van der Waals surface area contributed by atoms with Gasteiger partial charge < -0.3 is 0 Å². The molecule has 0 fully saturated rings. The normalized spacial score (nSPS) is 9.20. The lowest BCUT2D eigenvalue weighted by Gasteiger charge is -1.91. The van der Waals surface area contributed by atoms with Crippen molar-refractivity contribution in [2.75, 3.05) is 0 Å². The summed E-state index contributed by atoms with van der Waals surface area (Å²) in [5.41, 5.74) is 4.74. The van der Waals surface area contributed by atoms with E-state index in [4.69, 9.17) is 0 Å². The molecule has 1 rings (SSSR count). The Balaban J connectivity index is 2.21. The summed E-state index contributed by atoms with van der Waals surface area (Å²) in [6.45, 7) is 0.323. The number of nitrogens with zero attached hydrogens (tertiary/aromatic N) is 2. The Kier molecular flexibility index (Phi) is 2.85. The van der Waals surface area contributed by atoms with Gasteiger partial charge in [0.15, 0.2) is 0 Å². The van der Waals surface area contributed by atoms with Crippen LogP contribution in [0.5, 0.6) is 0 Å². The van der Waals surface area contributed by atoms with Gasteiger partial charge in [0.05, 0.1) is 10.4 Å². The molecule has 0 aromatic carbocycles. The van der Waals surface area contributed by atoms with Crippen LogP contribution in [-0.4, -0.2) is 11.4 Å². The van der Waals surface area contributed by atoms with Crippen molar-refractivity contribution < 1.29 is 9.63 Å². The minimum absolute atomic E-state index is 0.323. The van der Waals surface area contributed by atoms with Gasteiger partial charge >= 0.3 is 0 Å². The van der Waals surface area contributed by atoms with Gasteiger partial charge in [0, 0.05) is 6.20 Å². The van der Waals surface area contributed by atoms with E-state index >= 15 is 0 Å². The van der Waals surface area contributed by atoms with Crippen molar-refractivity contribution in [1.29, 1.82) is 0 Å². The highest BCUT2D eigenvalue weighted by molar-refractivity contribution is 7.09. The van der Waals surface area contributed by atoms with Crippen LogP contribution in [0.1, 0.15) is 4.88 Å². The van der Waals surface area contributed by atoms with E-state index in [9.17, 15) is 4.79 Å². The Bertz CT molecular complexity index is 188. The van der Waals surface area contributed by atoms with Gasteiger partial charge in [-0.3, -0.25) is 9.78 Å². The van der Waals surface area contributed by atoms with Gasteiger partial charge in [0.1, 0.15) is 6.61 Å². The number of hydrogen-bond acceptors (Lipinski definition) is 4. The van der Waals surface area contributed by atoms with Crippen LogP contribution in [0.15, 0.2) is 11.7 Å². The number of hydrogen-bond donors (Lipinski definition) is 0. The average Bonchev–Trinajstić information content (AvgIpc) is 2.41. The van der Waals surface area contributed by atoms with Crippen LogP contribution in [0, 0.1) is 0 Å². The summed E-state index contributed by atoms with van der Waals surface area (Å²) in [4.78, 5) is 18.9. The zero-order valence-electron chi connectivity index (χ0n) is 5.06. The third-order valence-electron chi connectivity index (χ3n) is 0.808. The first-order chi connectivity index (χ1) is 4.93. The Morgan fingerprint density at radius 1 is 1.90 bits per heavy atom. The molecule has 0 aliphatic carbocycles. The first-order valence-electron chi connectivity index (χ1n) is 2.56. The van der Waals surface area contributed by atoms with E-state index in [0.717, 1.165) is 4.88 Å². The molecule has 0 aliphatic rings. The first kappa shape index (κ1) is 7.17. The van der Waals surface area contributed by atoms with E-state index in [0.29, 0.717) is 13.0 Å². The highest BCUT2D eigenvalue weighted by Gasteiger charge is 1.93. The highest BCUT2D eigenvalue weighted by Crippen LogP contribution is 2.05. The van der Waals surface area contributed by atoms with Gasteiger partial charge in [0.25, 0.3) is 6.41 Å². The molecule has 0 atom stereocenters. The van der Waals surface area contributed by atoms with Crippen molar-refractivity contribution in [1.82, 2.24) is 10.5 Å². The Hall–Kier alpha value is -0.940. The number of rotatable bonds is 4. The summed E-state index contributed by atoms with van der Waals surface area (Å²) in [5.74, 6) is 0. The second-order valence-electron chi connectivity index (χ2n) is 1.45. The Morgan fingerprint density at radius 3 is 3.40 bits per heavy atom. The molecule has 0 saturated carbocycles. The summed E-state index contributed by atoms with van der Waals surface area (Å²) in [5, 5.41) is 0. The number of carbonyl (C=O) groups excluding carboxylic acids is 1. The van der Waals surface area contributed by atoms with Gasteiger partial charge in [-0.15, -0.1) is 11.3 Å². The topological polar surface area (TPSA) is 53.3 Å². The zero-order chi connectivity index (χ0) is 7.23. The molecule has 1 heterocycles. The average molecular weight is 157 g/mol. The molecule has 5 heteroatoms. The molecule has 0 bridgehead atoms. The summed E-state index contributed by atoms with van der Waals surface area (Å²) in [6, 6.07) is 0. The molecule has 0 aliphatic heterocycles. The van der Waals surface area contributed by atoms with Crippen LogP contribution in [0.3, 0.4) is 0 Å². The molecular weight excluding hydrogens is 152 g/mol. The molecule has 4 nitrogen and oxygen atoms in total. The Labute approximate surface area is 61.8 Å². The SMILES string of the molecule is O=C[N]OCc1cncs1. The van der Waals surface area contributed by atoms with E-state index in [1.807, 2.05) is 0 Å². The number of hydroxylamine groups is 1. The smallest absolute Gasteiger partial charge is 0.257 e. The molecule has 0 N–H and O–H groups in total. The van der Waals surface area contributed by atoms with E-state index in [-0.39, 0.29) is 0 Å². The van der Waals surface area contributed by atoms with Gasteiger partial charge in [-0.1, -0.05) is 5.48 Å². The summed E-state index contributed by atoms with van der Waals surface area (Å²) >= 11 is 1.46. The maximum atomic E-state index is 9.63. The fourth-order valence-electron chi connectivity index (χ4n) is 0.445. The lowest BCUT2D eigenvalue weighted by Crippen LogP contribution is -2.01. The van der Waals surface area contributed by atoms with E-state index in [1.54, 1.807) is 11.7 Å². The molecule has 53 valence electrons. The van der Waals surface area contributed by atoms with Gasteiger partial charge in [0.2, 0.25) is 0 Å². The predicted molar refractivity (Wildman–Crippen MR) is 35.1 cm³/mol. The van der Waals surface area contributed by atoms with E-state index in [2.05, 4.69) is 15.3 Å². The van der Waals surface area contributed by atoms with Crippen LogP contribution in [-0.2, 0) is 16.2 Å². The Morgan fingerprint density at radius 2 is 2.80 bits per heavy atom. The van der Waals surface area contributed by atoms with Crippen molar-refractivity contribution in [2.24, 2.45) is 0 Å². The van der Waals surface area contributed by atoms with Gasteiger partial charge in [-0.2, -0.15) is 0 Å². The molecule has 0 unspecified atom stereocenters. The largest absolute Gasteiger partial charge is 0.274 e. The molecule has 1 aromatic heterocycles. The van der Waals surface area contributed by atoms with E-state index < -0.39 is 0 Å². The van der Waals surface area contributed by atoms with Crippen LogP contribution in [0.2, 0.25) is 0 Å². The lowest BCUT2D eigenvalue weighted by molar-refractivity contribution is -0.122. The number of amides is 1. The maximum absolute atomic E-state index is 9.63. The minimum Gasteiger partial charge on any atom is -0.274 e. The second-order valence-corrected chi connectivity index (χ2v) is 2.42. The minimum atomic E-state index is 0.323. The quantitative estimate of drug-likeness (QED) is 0.359. The molecule has 1 radical (unpaired) electrons.